The maximum atomic E-state index is 11.6. The number of nitrogens with zero attached hydrogens (tertiary/aromatic N) is 2. The van der Waals surface area contributed by atoms with Crippen LogP contribution in [0.5, 0.6) is 0 Å². The largest absolute Gasteiger partial charge is 0.449 e. The molecule has 1 N–H and O–H groups in total. The average Bonchev–Trinajstić information content (AvgIpc) is 2.86. The Morgan fingerprint density at radius 2 is 2.20 bits per heavy atom. The Bertz CT molecular complexity index is 629. The van der Waals surface area contributed by atoms with Gasteiger partial charge in [-0.2, -0.15) is 5.26 Å². The highest BCUT2D eigenvalue weighted by atomic mass is 32.2. The lowest BCUT2D eigenvalue weighted by Gasteiger charge is -2.04. The molecule has 2 aromatic rings. The molecule has 1 aromatic heterocycles. The SMILES string of the molecule is Cc1nc(-c2ccc(NC(=O)CSCC#N)cc2)co1. The van der Waals surface area contributed by atoms with E-state index in [-0.39, 0.29) is 11.7 Å². The van der Waals surface area contributed by atoms with Crippen LogP contribution in [0, 0.1) is 18.3 Å². The number of carbonyl (C=O) groups is 1. The third kappa shape index (κ3) is 3.87. The summed E-state index contributed by atoms with van der Waals surface area (Å²) in [7, 11) is 0. The first-order chi connectivity index (χ1) is 9.69. The number of anilines is 1. The van der Waals surface area contributed by atoms with Gasteiger partial charge in [-0.15, -0.1) is 11.8 Å². The summed E-state index contributed by atoms with van der Waals surface area (Å²) in [4.78, 5) is 15.8. The van der Waals surface area contributed by atoms with E-state index in [1.807, 2.05) is 30.3 Å². The van der Waals surface area contributed by atoms with Crippen LogP contribution in [0.3, 0.4) is 0 Å². The van der Waals surface area contributed by atoms with E-state index in [1.54, 1.807) is 13.2 Å². The maximum Gasteiger partial charge on any atom is 0.234 e. The van der Waals surface area contributed by atoms with E-state index in [9.17, 15) is 4.79 Å². The lowest BCUT2D eigenvalue weighted by Crippen LogP contribution is -2.14. The summed E-state index contributed by atoms with van der Waals surface area (Å²) >= 11 is 1.29. The van der Waals surface area contributed by atoms with Crippen molar-refractivity contribution in [3.63, 3.8) is 0 Å². The highest BCUT2D eigenvalue weighted by Gasteiger charge is 2.05. The second-order valence-corrected chi connectivity index (χ2v) is 5.01. The molecule has 2 rings (SSSR count). The number of benzene rings is 1. The van der Waals surface area contributed by atoms with E-state index >= 15 is 0 Å². The minimum absolute atomic E-state index is 0.115. The van der Waals surface area contributed by atoms with Crippen molar-refractivity contribution < 1.29 is 9.21 Å². The maximum absolute atomic E-state index is 11.6. The molecule has 0 fully saturated rings. The van der Waals surface area contributed by atoms with Gasteiger partial charge in [-0.3, -0.25) is 4.79 Å². The van der Waals surface area contributed by atoms with Crippen molar-refractivity contribution in [3.05, 3.63) is 36.4 Å². The molecule has 0 radical (unpaired) electrons. The standard InChI is InChI=1S/C14H13N3O2S/c1-10-16-13(8-19-10)11-2-4-12(5-3-11)17-14(18)9-20-7-6-15/h2-5,8H,7,9H2,1H3,(H,17,18). The molecule has 1 amide bonds. The molecule has 102 valence electrons. The number of carbonyl (C=O) groups excluding carboxylic acids is 1. The van der Waals surface area contributed by atoms with Crippen LogP contribution in [0.4, 0.5) is 5.69 Å². The third-order valence-corrected chi connectivity index (χ3v) is 3.28. The van der Waals surface area contributed by atoms with E-state index in [0.29, 0.717) is 11.6 Å². The lowest BCUT2D eigenvalue weighted by molar-refractivity contribution is -0.113. The van der Waals surface area contributed by atoms with Gasteiger partial charge in [0.2, 0.25) is 5.91 Å². The zero-order valence-electron chi connectivity index (χ0n) is 10.9. The molecule has 0 atom stereocenters. The van der Waals surface area contributed by atoms with Crippen LogP contribution in [-0.2, 0) is 4.79 Å². The number of amides is 1. The van der Waals surface area contributed by atoms with Crippen LogP contribution in [0.15, 0.2) is 34.9 Å². The third-order valence-electron chi connectivity index (χ3n) is 2.48. The normalized spacial score (nSPS) is 10.0. The van der Waals surface area contributed by atoms with Gasteiger partial charge in [0.25, 0.3) is 0 Å². The molecule has 0 unspecified atom stereocenters. The zero-order chi connectivity index (χ0) is 14.4. The van der Waals surface area contributed by atoms with E-state index in [4.69, 9.17) is 9.68 Å². The Morgan fingerprint density at radius 3 is 2.80 bits per heavy atom. The highest BCUT2D eigenvalue weighted by Crippen LogP contribution is 2.20. The molecule has 0 aliphatic carbocycles. The monoisotopic (exact) mass is 287 g/mol. The summed E-state index contributed by atoms with van der Waals surface area (Å²) in [5, 5.41) is 11.2. The van der Waals surface area contributed by atoms with E-state index in [0.717, 1.165) is 16.9 Å². The predicted molar refractivity (Wildman–Crippen MR) is 78.2 cm³/mol. The molecule has 1 heterocycles. The molecule has 0 aliphatic rings. The summed E-state index contributed by atoms with van der Waals surface area (Å²) in [6, 6.07) is 9.35. The minimum atomic E-state index is -0.115. The fraction of sp³-hybridized carbons (Fsp3) is 0.214. The summed E-state index contributed by atoms with van der Waals surface area (Å²) in [5.74, 6) is 1.09. The molecule has 0 spiro atoms. The van der Waals surface area contributed by atoms with Gasteiger partial charge in [0.1, 0.15) is 12.0 Å². The minimum Gasteiger partial charge on any atom is -0.449 e. The van der Waals surface area contributed by atoms with Gasteiger partial charge in [0.15, 0.2) is 5.89 Å². The summed E-state index contributed by atoms with van der Waals surface area (Å²) in [6.45, 7) is 1.79. The Morgan fingerprint density at radius 1 is 1.45 bits per heavy atom. The topological polar surface area (TPSA) is 78.9 Å². The fourth-order valence-corrected chi connectivity index (χ4v) is 2.06. The number of aryl methyl sites for hydroxylation is 1. The lowest BCUT2D eigenvalue weighted by atomic mass is 10.1. The van der Waals surface area contributed by atoms with Crippen molar-refractivity contribution in [1.82, 2.24) is 4.98 Å². The van der Waals surface area contributed by atoms with Gasteiger partial charge in [0, 0.05) is 18.2 Å². The Labute approximate surface area is 121 Å². The molecule has 0 aliphatic heterocycles. The van der Waals surface area contributed by atoms with Crippen molar-refractivity contribution in [1.29, 1.82) is 5.26 Å². The molecule has 5 nitrogen and oxygen atoms in total. The molecule has 1 aromatic carbocycles. The number of thioether (sulfide) groups is 1. The molecule has 0 saturated heterocycles. The first-order valence-corrected chi connectivity index (χ1v) is 7.11. The average molecular weight is 287 g/mol. The van der Waals surface area contributed by atoms with Crippen molar-refractivity contribution in [3.8, 4) is 17.3 Å². The zero-order valence-corrected chi connectivity index (χ0v) is 11.7. The summed E-state index contributed by atoms with van der Waals surface area (Å²) in [6.07, 6.45) is 1.60. The van der Waals surface area contributed by atoms with Crippen LogP contribution in [0.1, 0.15) is 5.89 Å². The Kier molecular flexibility index (Phi) is 4.80. The molecule has 0 saturated carbocycles. The van der Waals surface area contributed by atoms with Gasteiger partial charge in [-0.1, -0.05) is 12.1 Å². The van der Waals surface area contributed by atoms with Crippen molar-refractivity contribution in [2.45, 2.75) is 6.92 Å². The summed E-state index contributed by atoms with van der Waals surface area (Å²) < 4.78 is 5.16. The van der Waals surface area contributed by atoms with Crippen molar-refractivity contribution in [2.24, 2.45) is 0 Å². The van der Waals surface area contributed by atoms with Crippen LogP contribution in [-0.4, -0.2) is 22.4 Å². The molecule has 6 heteroatoms. The summed E-state index contributed by atoms with van der Waals surface area (Å²) in [5.41, 5.74) is 2.42. The highest BCUT2D eigenvalue weighted by molar-refractivity contribution is 8.00. The number of hydrogen-bond donors (Lipinski definition) is 1. The first kappa shape index (κ1) is 14.2. The number of hydrogen-bond acceptors (Lipinski definition) is 5. The van der Waals surface area contributed by atoms with Crippen LogP contribution < -0.4 is 5.32 Å². The number of aromatic nitrogens is 1. The van der Waals surface area contributed by atoms with Crippen LogP contribution >= 0.6 is 11.8 Å². The molecular formula is C14H13N3O2S. The first-order valence-electron chi connectivity index (χ1n) is 5.96. The predicted octanol–water partition coefficient (Wildman–Crippen LogP) is 2.85. The van der Waals surface area contributed by atoms with Gasteiger partial charge in [0.05, 0.1) is 17.6 Å². The van der Waals surface area contributed by atoms with E-state index in [1.165, 1.54) is 11.8 Å². The van der Waals surface area contributed by atoms with Gasteiger partial charge in [-0.25, -0.2) is 4.98 Å². The second kappa shape index (κ2) is 6.78. The van der Waals surface area contributed by atoms with Gasteiger partial charge < -0.3 is 9.73 Å². The smallest absolute Gasteiger partial charge is 0.234 e. The van der Waals surface area contributed by atoms with Crippen molar-refractivity contribution in [2.75, 3.05) is 16.8 Å². The quantitative estimate of drug-likeness (QED) is 0.855. The van der Waals surface area contributed by atoms with E-state index in [2.05, 4.69) is 10.3 Å². The number of nitriles is 1. The Hall–Kier alpha value is -2.26. The van der Waals surface area contributed by atoms with Crippen LogP contribution in [0.25, 0.3) is 11.3 Å². The molecule has 0 bridgehead atoms. The molecular weight excluding hydrogens is 274 g/mol. The van der Waals surface area contributed by atoms with Gasteiger partial charge in [-0.05, 0) is 12.1 Å². The number of nitrogens with one attached hydrogen (secondary N) is 1. The fourth-order valence-electron chi connectivity index (χ4n) is 1.61. The van der Waals surface area contributed by atoms with Crippen molar-refractivity contribution >= 4 is 23.4 Å². The molecule has 20 heavy (non-hydrogen) atoms. The van der Waals surface area contributed by atoms with Crippen LogP contribution in [0.2, 0.25) is 0 Å². The number of oxazole rings is 1. The second-order valence-electron chi connectivity index (χ2n) is 4.03. The Balaban J connectivity index is 1.95. The number of rotatable bonds is 5. The van der Waals surface area contributed by atoms with E-state index < -0.39 is 0 Å². The van der Waals surface area contributed by atoms with Gasteiger partial charge >= 0.3 is 0 Å².